The Bertz CT molecular complexity index is 500. The second kappa shape index (κ2) is 5.49. The lowest BCUT2D eigenvalue weighted by Gasteiger charge is -2.12. The van der Waals surface area contributed by atoms with Crippen LogP contribution >= 0.6 is 23.2 Å². The first-order valence-electron chi connectivity index (χ1n) is 4.51. The van der Waals surface area contributed by atoms with E-state index in [0.717, 1.165) is 0 Å². The Morgan fingerprint density at radius 2 is 1.94 bits per heavy atom. The van der Waals surface area contributed by atoms with E-state index in [2.05, 4.69) is 0 Å². The van der Waals surface area contributed by atoms with Gasteiger partial charge < -0.3 is 11.1 Å². The summed E-state index contributed by atoms with van der Waals surface area (Å²) in [5, 5.41) is 2.31. The lowest BCUT2D eigenvalue weighted by atomic mass is 10.2. The zero-order chi connectivity index (χ0) is 13.9. The summed E-state index contributed by atoms with van der Waals surface area (Å²) in [7, 11) is 0. The van der Waals surface area contributed by atoms with Crippen LogP contribution in [-0.4, -0.2) is 12.1 Å². The second-order valence-electron chi connectivity index (χ2n) is 3.16. The Hall–Kier alpha value is -1.40. The molecule has 0 saturated heterocycles. The van der Waals surface area contributed by atoms with Crippen LogP contribution < -0.4 is 11.1 Å². The van der Waals surface area contributed by atoms with E-state index in [0.29, 0.717) is 5.02 Å². The quantitative estimate of drug-likeness (QED) is 0.823. The number of nitrogens with one attached hydrogen (secondary N) is 1. The number of nitrogens with two attached hydrogens (primary N) is 1. The van der Waals surface area contributed by atoms with Crippen molar-refractivity contribution < 1.29 is 18.0 Å². The maximum absolute atomic E-state index is 12.4. The third-order valence-corrected chi connectivity index (χ3v) is 2.44. The van der Waals surface area contributed by atoms with Crippen molar-refractivity contribution in [3.05, 3.63) is 40.0 Å². The number of carbonyl (C=O) groups is 1. The summed E-state index contributed by atoms with van der Waals surface area (Å²) in [4.78, 5) is 11.4. The van der Waals surface area contributed by atoms with Crippen molar-refractivity contribution in [3.63, 3.8) is 0 Å². The molecule has 0 fully saturated rings. The molecule has 1 aromatic carbocycles. The molecule has 0 aliphatic rings. The first-order chi connectivity index (χ1) is 8.25. The van der Waals surface area contributed by atoms with Crippen molar-refractivity contribution in [1.29, 1.82) is 0 Å². The first-order valence-corrected chi connectivity index (χ1v) is 5.27. The summed E-state index contributed by atoms with van der Waals surface area (Å²) < 4.78 is 37.1. The highest BCUT2D eigenvalue weighted by Crippen LogP contribution is 2.29. The van der Waals surface area contributed by atoms with Gasteiger partial charge in [0, 0.05) is 11.2 Å². The fraction of sp³-hybridized carbons (Fsp3) is 0.100. The van der Waals surface area contributed by atoms with E-state index >= 15 is 0 Å². The number of rotatable bonds is 2. The monoisotopic (exact) mass is 298 g/mol. The van der Waals surface area contributed by atoms with E-state index in [1.165, 1.54) is 18.2 Å². The number of halogens is 5. The van der Waals surface area contributed by atoms with E-state index < -0.39 is 17.7 Å². The molecule has 0 aliphatic heterocycles. The van der Waals surface area contributed by atoms with Crippen LogP contribution in [0.2, 0.25) is 10.0 Å². The van der Waals surface area contributed by atoms with Gasteiger partial charge in [-0.2, -0.15) is 13.2 Å². The number of benzene rings is 1. The summed E-state index contributed by atoms with van der Waals surface area (Å²) in [6, 6.07) is 3.95. The van der Waals surface area contributed by atoms with Crippen LogP contribution in [0.15, 0.2) is 30.0 Å². The van der Waals surface area contributed by atoms with E-state index in [4.69, 9.17) is 28.9 Å². The third-order valence-electron chi connectivity index (χ3n) is 1.90. The van der Waals surface area contributed by atoms with Crippen LogP contribution in [0.4, 0.5) is 18.9 Å². The van der Waals surface area contributed by atoms with E-state index in [-0.39, 0.29) is 16.9 Å². The smallest absolute Gasteiger partial charge is 0.404 e. The Morgan fingerprint density at radius 1 is 1.33 bits per heavy atom. The molecular weight excluding hydrogens is 292 g/mol. The molecule has 0 aromatic heterocycles. The molecular formula is C10H7Cl2F3N2O. The van der Waals surface area contributed by atoms with Gasteiger partial charge in [0.15, 0.2) is 0 Å². The van der Waals surface area contributed by atoms with Crippen LogP contribution in [-0.2, 0) is 4.79 Å². The highest BCUT2D eigenvalue weighted by molar-refractivity contribution is 6.36. The second-order valence-corrected chi connectivity index (χ2v) is 4.00. The Labute approximate surface area is 110 Å². The Balaban J connectivity index is 2.95. The van der Waals surface area contributed by atoms with Crippen LogP contribution in [0.3, 0.4) is 0 Å². The van der Waals surface area contributed by atoms with Gasteiger partial charge in [-0.05, 0) is 18.2 Å². The zero-order valence-electron chi connectivity index (χ0n) is 8.68. The maximum Gasteiger partial charge on any atom is 0.423 e. The van der Waals surface area contributed by atoms with Gasteiger partial charge in [0.2, 0.25) is 0 Å². The van der Waals surface area contributed by atoms with Gasteiger partial charge in [0.1, 0.15) is 5.57 Å². The normalized spacial score (nSPS) is 12.4. The molecule has 1 aromatic rings. The Morgan fingerprint density at radius 3 is 2.39 bits per heavy atom. The predicted molar refractivity (Wildman–Crippen MR) is 63.4 cm³/mol. The minimum Gasteiger partial charge on any atom is -0.404 e. The van der Waals surface area contributed by atoms with Crippen LogP contribution in [0.25, 0.3) is 0 Å². The van der Waals surface area contributed by atoms with Gasteiger partial charge in [0.05, 0.1) is 10.7 Å². The molecule has 0 spiro atoms. The molecule has 3 N–H and O–H groups in total. The summed E-state index contributed by atoms with van der Waals surface area (Å²) in [5.41, 5.74) is 3.28. The molecule has 0 aliphatic carbocycles. The Kier molecular flexibility index (Phi) is 4.48. The molecule has 1 rings (SSSR count). The van der Waals surface area contributed by atoms with Gasteiger partial charge in [-0.15, -0.1) is 0 Å². The standard InChI is InChI=1S/C10H7Cl2F3N2O/c11-5-1-2-8(7(12)3-5)17-9(18)6(4-16)10(13,14)15/h1-4H,16H2,(H,17,18)/b6-4+. The molecule has 0 heterocycles. The van der Waals surface area contributed by atoms with Gasteiger partial charge in [-0.1, -0.05) is 23.2 Å². The molecule has 1 amide bonds. The fourth-order valence-electron chi connectivity index (χ4n) is 1.08. The largest absolute Gasteiger partial charge is 0.423 e. The van der Waals surface area contributed by atoms with Crippen LogP contribution in [0.1, 0.15) is 0 Å². The number of hydrogen-bond donors (Lipinski definition) is 2. The fourth-order valence-corrected chi connectivity index (χ4v) is 1.54. The van der Waals surface area contributed by atoms with Gasteiger partial charge >= 0.3 is 6.18 Å². The number of hydrogen-bond acceptors (Lipinski definition) is 2. The molecule has 3 nitrogen and oxygen atoms in total. The molecule has 8 heteroatoms. The van der Waals surface area contributed by atoms with Gasteiger partial charge in [-0.3, -0.25) is 4.79 Å². The number of amides is 1. The van der Waals surface area contributed by atoms with E-state index in [9.17, 15) is 18.0 Å². The van der Waals surface area contributed by atoms with Crippen LogP contribution in [0, 0.1) is 0 Å². The van der Waals surface area contributed by atoms with Crippen molar-refractivity contribution in [2.75, 3.05) is 5.32 Å². The van der Waals surface area contributed by atoms with Crippen molar-refractivity contribution >= 4 is 34.8 Å². The lowest BCUT2D eigenvalue weighted by Crippen LogP contribution is -2.26. The topological polar surface area (TPSA) is 55.1 Å². The molecule has 0 unspecified atom stereocenters. The highest BCUT2D eigenvalue weighted by Gasteiger charge is 2.38. The summed E-state index contributed by atoms with van der Waals surface area (Å²) in [6.07, 6.45) is -4.64. The van der Waals surface area contributed by atoms with E-state index in [1.54, 1.807) is 0 Å². The van der Waals surface area contributed by atoms with Gasteiger partial charge in [-0.25, -0.2) is 0 Å². The van der Waals surface area contributed by atoms with E-state index in [1.807, 2.05) is 5.32 Å². The van der Waals surface area contributed by atoms with Crippen molar-refractivity contribution in [2.24, 2.45) is 5.73 Å². The SMILES string of the molecule is N/C=C(\C(=O)Nc1ccc(Cl)cc1Cl)C(F)(F)F. The average Bonchev–Trinajstić information content (AvgIpc) is 2.21. The minimum atomic E-state index is -4.84. The lowest BCUT2D eigenvalue weighted by molar-refractivity contribution is -0.126. The molecule has 0 radical (unpaired) electrons. The first kappa shape index (κ1) is 14.7. The van der Waals surface area contributed by atoms with Gasteiger partial charge in [0.25, 0.3) is 5.91 Å². The molecule has 98 valence electrons. The zero-order valence-corrected chi connectivity index (χ0v) is 10.2. The summed E-state index contributed by atoms with van der Waals surface area (Å²) in [5.74, 6) is -1.39. The number of alkyl halides is 3. The average molecular weight is 299 g/mol. The summed E-state index contributed by atoms with van der Waals surface area (Å²) in [6.45, 7) is 0. The van der Waals surface area contributed by atoms with Crippen molar-refractivity contribution in [3.8, 4) is 0 Å². The molecule has 0 bridgehead atoms. The number of anilines is 1. The summed E-state index contributed by atoms with van der Waals surface area (Å²) >= 11 is 11.3. The maximum atomic E-state index is 12.4. The predicted octanol–water partition coefficient (Wildman–Crippen LogP) is 3.34. The molecule has 0 saturated carbocycles. The molecule has 0 atom stereocenters. The molecule has 18 heavy (non-hydrogen) atoms. The minimum absolute atomic E-state index is 0.00895. The highest BCUT2D eigenvalue weighted by atomic mass is 35.5. The third kappa shape index (κ3) is 3.54. The van der Waals surface area contributed by atoms with Crippen LogP contribution in [0.5, 0.6) is 0 Å². The van der Waals surface area contributed by atoms with Crippen molar-refractivity contribution in [2.45, 2.75) is 6.18 Å². The number of carbonyl (C=O) groups excluding carboxylic acids is 1. The van der Waals surface area contributed by atoms with Crippen molar-refractivity contribution in [1.82, 2.24) is 0 Å².